The van der Waals surface area contributed by atoms with Gasteiger partial charge in [-0.3, -0.25) is 14.5 Å². The van der Waals surface area contributed by atoms with Crippen LogP contribution in [0, 0.1) is 5.82 Å². The van der Waals surface area contributed by atoms with Crippen molar-refractivity contribution in [2.24, 2.45) is 0 Å². The summed E-state index contributed by atoms with van der Waals surface area (Å²) in [5, 5.41) is 0.557. The van der Waals surface area contributed by atoms with E-state index in [4.69, 9.17) is 9.57 Å². The number of amides is 2. The molecular formula is C18H24FN3O4S2. The highest BCUT2D eigenvalue weighted by Gasteiger charge is 2.33. The average molecular weight is 430 g/mol. The maximum atomic E-state index is 14.7. The molecular weight excluding hydrogens is 405 g/mol. The second kappa shape index (κ2) is 9.71. The van der Waals surface area contributed by atoms with Gasteiger partial charge in [-0.15, -0.1) is 0 Å². The normalized spacial score (nSPS) is 20.1. The van der Waals surface area contributed by atoms with Crippen molar-refractivity contribution in [3.05, 3.63) is 24.0 Å². The highest BCUT2D eigenvalue weighted by atomic mass is 32.2. The van der Waals surface area contributed by atoms with Crippen LogP contribution in [0.3, 0.4) is 0 Å². The van der Waals surface area contributed by atoms with Crippen LogP contribution >= 0.6 is 24.4 Å². The molecule has 0 aliphatic carbocycles. The summed E-state index contributed by atoms with van der Waals surface area (Å²) < 4.78 is 20.0. The molecule has 10 heteroatoms. The molecule has 1 aromatic carbocycles. The van der Waals surface area contributed by atoms with Crippen LogP contribution in [0.5, 0.6) is 0 Å². The largest absolute Gasteiger partial charge is 0.441 e. The van der Waals surface area contributed by atoms with E-state index in [1.807, 2.05) is 16.7 Å². The molecule has 3 rings (SSSR count). The Morgan fingerprint density at radius 2 is 2.25 bits per heavy atom. The maximum absolute atomic E-state index is 14.7. The van der Waals surface area contributed by atoms with Gasteiger partial charge < -0.3 is 9.64 Å². The van der Waals surface area contributed by atoms with Gasteiger partial charge in [-0.2, -0.15) is 11.8 Å². The lowest BCUT2D eigenvalue weighted by atomic mass is 10.2. The highest BCUT2D eigenvalue weighted by molar-refractivity contribution is 7.99. The molecule has 154 valence electrons. The second-order valence-corrected chi connectivity index (χ2v) is 8.09. The monoisotopic (exact) mass is 429 g/mol. The Labute approximate surface area is 173 Å². The van der Waals surface area contributed by atoms with E-state index in [1.54, 1.807) is 19.1 Å². The first kappa shape index (κ1) is 21.1. The van der Waals surface area contributed by atoms with Crippen LogP contribution in [0.25, 0.3) is 0 Å². The fourth-order valence-electron chi connectivity index (χ4n) is 3.18. The van der Waals surface area contributed by atoms with Gasteiger partial charge in [-0.1, -0.05) is 12.6 Å². The zero-order chi connectivity index (χ0) is 20.1. The van der Waals surface area contributed by atoms with Gasteiger partial charge in [-0.25, -0.2) is 14.2 Å². The molecule has 2 heterocycles. The molecule has 2 aliphatic heterocycles. The number of hydrogen-bond acceptors (Lipinski definition) is 6. The van der Waals surface area contributed by atoms with Crippen LogP contribution in [0.4, 0.5) is 25.4 Å². The Morgan fingerprint density at radius 1 is 1.43 bits per heavy atom. The summed E-state index contributed by atoms with van der Waals surface area (Å²) in [6.45, 7) is 3.95. The van der Waals surface area contributed by atoms with Crippen molar-refractivity contribution in [2.75, 3.05) is 54.1 Å². The van der Waals surface area contributed by atoms with E-state index in [2.05, 4.69) is 12.6 Å². The number of nitrogens with zero attached hydrogens (tertiary/aromatic N) is 3. The fraction of sp³-hybridized carbons (Fsp3) is 0.556. The summed E-state index contributed by atoms with van der Waals surface area (Å²) in [5.41, 5.74) is 1.00. The predicted molar refractivity (Wildman–Crippen MR) is 111 cm³/mol. The van der Waals surface area contributed by atoms with E-state index in [0.717, 1.165) is 36.1 Å². The molecule has 0 saturated carbocycles. The fourth-order valence-corrected chi connectivity index (χ4v) is 4.27. The van der Waals surface area contributed by atoms with E-state index in [1.165, 1.54) is 11.0 Å². The molecule has 1 aromatic rings. The van der Waals surface area contributed by atoms with Gasteiger partial charge in [0, 0.05) is 25.4 Å². The molecule has 2 saturated heterocycles. The number of thiol groups is 1. The third-order valence-electron chi connectivity index (χ3n) is 4.60. The number of hydrogen-bond donors (Lipinski definition) is 1. The molecule has 0 spiro atoms. The van der Waals surface area contributed by atoms with Gasteiger partial charge in [0.05, 0.1) is 17.9 Å². The first-order valence-corrected chi connectivity index (χ1v) is 10.8. The number of halogens is 1. The summed E-state index contributed by atoms with van der Waals surface area (Å²) in [5.74, 6) is 1.72. The minimum absolute atomic E-state index is 0.0222. The lowest BCUT2D eigenvalue weighted by molar-refractivity contribution is -0.126. The Kier molecular flexibility index (Phi) is 7.30. The van der Waals surface area contributed by atoms with Crippen LogP contribution in [-0.2, 0) is 9.57 Å². The summed E-state index contributed by atoms with van der Waals surface area (Å²) >= 11 is 5.59. The molecule has 0 unspecified atom stereocenters. The van der Waals surface area contributed by atoms with Gasteiger partial charge in [0.15, 0.2) is 0 Å². The number of benzene rings is 1. The van der Waals surface area contributed by atoms with Crippen molar-refractivity contribution in [1.29, 1.82) is 0 Å². The number of thioether (sulfide) groups is 1. The lowest BCUT2D eigenvalue weighted by Gasteiger charge is -2.24. The Morgan fingerprint density at radius 3 is 2.96 bits per heavy atom. The van der Waals surface area contributed by atoms with Crippen LogP contribution in [0.2, 0.25) is 0 Å². The van der Waals surface area contributed by atoms with Crippen molar-refractivity contribution < 1.29 is 23.6 Å². The van der Waals surface area contributed by atoms with Crippen molar-refractivity contribution in [3.8, 4) is 0 Å². The molecule has 0 radical (unpaired) electrons. The Bertz CT molecular complexity index is 716. The summed E-state index contributed by atoms with van der Waals surface area (Å²) in [6, 6.07) is 4.82. The van der Waals surface area contributed by atoms with Crippen molar-refractivity contribution in [1.82, 2.24) is 5.06 Å². The van der Waals surface area contributed by atoms with Crippen LogP contribution in [0.15, 0.2) is 18.2 Å². The third kappa shape index (κ3) is 5.03. The Balaban J connectivity index is 1.64. The van der Waals surface area contributed by atoms with E-state index >= 15 is 0 Å². The van der Waals surface area contributed by atoms with E-state index < -0.39 is 17.4 Å². The second-order valence-electron chi connectivity index (χ2n) is 6.48. The highest BCUT2D eigenvalue weighted by Crippen LogP contribution is 2.29. The van der Waals surface area contributed by atoms with E-state index in [9.17, 15) is 14.0 Å². The minimum Gasteiger partial charge on any atom is -0.441 e. The average Bonchev–Trinajstić information content (AvgIpc) is 2.86. The maximum Gasteiger partial charge on any atom is 0.414 e. The van der Waals surface area contributed by atoms with Gasteiger partial charge in [-0.05, 0) is 37.3 Å². The summed E-state index contributed by atoms with van der Waals surface area (Å²) in [6.07, 6.45) is -0.0954. The molecule has 7 nitrogen and oxygen atoms in total. The number of anilines is 2. The van der Waals surface area contributed by atoms with Crippen LogP contribution < -0.4 is 9.80 Å². The van der Waals surface area contributed by atoms with Crippen molar-refractivity contribution >= 4 is 47.1 Å². The standard InChI is InChI=1S/C18H24FN3O4S2/c1-2-22(18(24)27)25-12-14-11-21(17(23)26-14)13-4-5-16(15(19)10-13)20-6-3-8-28-9-7-20/h4-5,10,14H,2-3,6-9,11-12H2,1H3,(H,24,27)/t14-/m0/s1. The smallest absolute Gasteiger partial charge is 0.414 e. The number of carbonyl (C=O) groups is 2. The number of rotatable bonds is 6. The molecule has 0 N–H and O–H groups in total. The zero-order valence-corrected chi connectivity index (χ0v) is 17.4. The summed E-state index contributed by atoms with van der Waals surface area (Å²) in [7, 11) is 0. The van der Waals surface area contributed by atoms with Crippen LogP contribution in [-0.4, -0.2) is 66.8 Å². The Hall–Kier alpha value is -1.65. The molecule has 0 aromatic heterocycles. The number of hydroxylamine groups is 2. The minimum atomic E-state index is -0.563. The molecule has 28 heavy (non-hydrogen) atoms. The first-order valence-electron chi connectivity index (χ1n) is 9.23. The third-order valence-corrected chi connectivity index (χ3v) is 5.87. The molecule has 0 bridgehead atoms. The van der Waals surface area contributed by atoms with Crippen molar-refractivity contribution in [2.45, 2.75) is 19.4 Å². The van der Waals surface area contributed by atoms with Gasteiger partial charge in [0.2, 0.25) is 0 Å². The van der Waals surface area contributed by atoms with Gasteiger partial charge in [0.25, 0.3) is 0 Å². The van der Waals surface area contributed by atoms with E-state index in [0.29, 0.717) is 17.9 Å². The SMILES string of the molecule is CCN(OC[C@@H]1CN(c2ccc(N3CCCSCC3)c(F)c2)C(=O)O1)C(=O)S. The first-order chi connectivity index (χ1) is 13.5. The predicted octanol–water partition coefficient (Wildman–Crippen LogP) is 3.40. The molecule has 2 aliphatic rings. The van der Waals surface area contributed by atoms with Gasteiger partial charge >= 0.3 is 11.3 Å². The molecule has 1 atom stereocenters. The van der Waals surface area contributed by atoms with Crippen molar-refractivity contribution in [3.63, 3.8) is 0 Å². The number of cyclic esters (lactones) is 1. The van der Waals surface area contributed by atoms with Gasteiger partial charge in [0.1, 0.15) is 18.5 Å². The zero-order valence-electron chi connectivity index (χ0n) is 15.7. The quantitative estimate of drug-likeness (QED) is 0.553. The molecule has 2 fully saturated rings. The topological polar surface area (TPSA) is 62.3 Å². The number of carbonyl (C=O) groups excluding carboxylic acids is 2. The number of ether oxygens (including phenoxy) is 1. The van der Waals surface area contributed by atoms with E-state index in [-0.39, 0.29) is 19.0 Å². The molecule has 2 amide bonds. The summed E-state index contributed by atoms with van der Waals surface area (Å²) in [4.78, 5) is 32.2. The lowest BCUT2D eigenvalue weighted by Crippen LogP contribution is -2.32. The van der Waals surface area contributed by atoms with Crippen LogP contribution in [0.1, 0.15) is 13.3 Å².